The van der Waals surface area contributed by atoms with E-state index in [0.29, 0.717) is 6.42 Å². The van der Waals surface area contributed by atoms with E-state index in [2.05, 4.69) is 0 Å². The molecule has 2 aromatic carbocycles. The van der Waals surface area contributed by atoms with Crippen molar-refractivity contribution in [2.45, 2.75) is 23.9 Å². The second-order valence-corrected chi connectivity index (χ2v) is 6.86. The first-order valence-corrected chi connectivity index (χ1v) is 8.08. The Hall–Kier alpha value is -1.98. The Kier molecular flexibility index (Phi) is 3.61. The predicted octanol–water partition coefficient (Wildman–Crippen LogP) is 1.91. The minimum absolute atomic E-state index is 0.199. The highest BCUT2D eigenvalue weighted by molar-refractivity contribution is 7.89. The van der Waals surface area contributed by atoms with Gasteiger partial charge < -0.3 is 0 Å². The molecule has 0 saturated carbocycles. The van der Waals surface area contributed by atoms with Gasteiger partial charge in [-0.05, 0) is 29.7 Å². The number of hydrogen-bond acceptors (Lipinski definition) is 3. The Morgan fingerprint density at radius 3 is 2.24 bits per heavy atom. The maximum atomic E-state index is 12.7. The lowest BCUT2D eigenvalue weighted by molar-refractivity contribution is 0.338. The van der Waals surface area contributed by atoms with Gasteiger partial charge in [0.25, 0.3) is 0 Å². The van der Waals surface area contributed by atoms with E-state index in [-0.39, 0.29) is 11.4 Å². The molecule has 21 heavy (non-hydrogen) atoms. The number of fused-ring (bicyclic) bond motifs is 1. The molecule has 2 aromatic rings. The zero-order chi connectivity index (χ0) is 14.9. The summed E-state index contributed by atoms with van der Waals surface area (Å²) in [5, 5.41) is 0. The molecule has 0 fully saturated rings. The molecule has 0 bridgehead atoms. The highest BCUT2D eigenvalue weighted by Crippen LogP contribution is 2.28. The largest absolute Gasteiger partial charge is 0.289 e. The molecule has 4 nitrogen and oxygen atoms in total. The summed E-state index contributed by atoms with van der Waals surface area (Å²) in [6.07, 6.45) is 2.23. The molecule has 107 valence electrons. The van der Waals surface area contributed by atoms with Crippen molar-refractivity contribution in [2.24, 2.45) is 0 Å². The van der Waals surface area contributed by atoms with E-state index in [1.54, 1.807) is 18.2 Å². The topological polar surface area (TPSA) is 54.5 Å². The van der Waals surface area contributed by atoms with Crippen LogP contribution >= 0.6 is 0 Å². The van der Waals surface area contributed by atoms with E-state index in [1.807, 2.05) is 30.6 Å². The molecule has 0 aliphatic carbocycles. The fourth-order valence-electron chi connectivity index (χ4n) is 2.58. The minimum Gasteiger partial charge on any atom is -0.289 e. The summed E-state index contributed by atoms with van der Waals surface area (Å²) in [5.74, 6) is 0. The standard InChI is InChI=1S/C16H14NO3S/c18-12-15-10-13-6-4-5-7-14(13)11-17(15)21(19,20)16-8-2-1-3-9-16/h1-9,15H,10-11H2/t15-/m0/s1. The quantitative estimate of drug-likeness (QED) is 0.870. The van der Waals surface area contributed by atoms with E-state index in [9.17, 15) is 13.2 Å². The zero-order valence-corrected chi connectivity index (χ0v) is 12.1. The monoisotopic (exact) mass is 300 g/mol. The summed E-state index contributed by atoms with van der Waals surface area (Å²) in [7, 11) is -3.70. The number of benzene rings is 2. The smallest absolute Gasteiger partial charge is 0.244 e. The van der Waals surface area contributed by atoms with Crippen molar-refractivity contribution in [3.05, 3.63) is 65.7 Å². The molecular formula is C16H14NO3S. The average Bonchev–Trinajstić information content (AvgIpc) is 2.54. The summed E-state index contributed by atoms with van der Waals surface area (Å²) in [4.78, 5) is 11.4. The first-order chi connectivity index (χ1) is 10.1. The minimum atomic E-state index is -3.70. The van der Waals surface area contributed by atoms with Crippen LogP contribution in [0.3, 0.4) is 0 Å². The summed E-state index contributed by atoms with van der Waals surface area (Å²) in [6, 6.07) is 15.0. The lowest BCUT2D eigenvalue weighted by atomic mass is 9.97. The van der Waals surface area contributed by atoms with Crippen molar-refractivity contribution >= 4 is 16.3 Å². The van der Waals surface area contributed by atoms with Crippen LogP contribution in [0.2, 0.25) is 0 Å². The van der Waals surface area contributed by atoms with Gasteiger partial charge in [0.1, 0.15) is 0 Å². The molecule has 0 N–H and O–H groups in total. The molecule has 0 amide bonds. The summed E-state index contributed by atoms with van der Waals surface area (Å²) in [6.45, 7) is 0.202. The van der Waals surface area contributed by atoms with Gasteiger partial charge in [-0.15, -0.1) is 0 Å². The maximum Gasteiger partial charge on any atom is 0.244 e. The molecular weight excluding hydrogens is 286 g/mol. The van der Waals surface area contributed by atoms with Gasteiger partial charge >= 0.3 is 0 Å². The van der Waals surface area contributed by atoms with Crippen LogP contribution in [-0.2, 0) is 27.8 Å². The number of hydrogen-bond donors (Lipinski definition) is 0. The number of nitrogens with zero attached hydrogens (tertiary/aromatic N) is 1. The van der Waals surface area contributed by atoms with Crippen molar-refractivity contribution in [1.29, 1.82) is 0 Å². The van der Waals surface area contributed by atoms with Gasteiger partial charge in [0.2, 0.25) is 16.3 Å². The molecule has 0 unspecified atom stereocenters. The van der Waals surface area contributed by atoms with E-state index < -0.39 is 16.1 Å². The van der Waals surface area contributed by atoms with Gasteiger partial charge in [-0.1, -0.05) is 42.5 Å². The molecule has 1 aliphatic heterocycles. The van der Waals surface area contributed by atoms with Crippen molar-refractivity contribution in [3.63, 3.8) is 0 Å². The van der Waals surface area contributed by atoms with Gasteiger partial charge in [0, 0.05) is 6.54 Å². The maximum absolute atomic E-state index is 12.7. The van der Waals surface area contributed by atoms with Crippen molar-refractivity contribution in [1.82, 2.24) is 4.31 Å². The number of sulfonamides is 1. The highest BCUT2D eigenvalue weighted by Gasteiger charge is 2.35. The van der Waals surface area contributed by atoms with Gasteiger partial charge in [0.15, 0.2) is 0 Å². The van der Waals surface area contributed by atoms with E-state index in [0.717, 1.165) is 11.1 Å². The zero-order valence-electron chi connectivity index (χ0n) is 11.3. The fourth-order valence-corrected chi connectivity index (χ4v) is 4.11. The van der Waals surface area contributed by atoms with Gasteiger partial charge in [-0.3, -0.25) is 4.79 Å². The first-order valence-electron chi connectivity index (χ1n) is 6.64. The molecule has 1 atom stereocenters. The lowest BCUT2D eigenvalue weighted by Gasteiger charge is -2.32. The fraction of sp³-hybridized carbons (Fsp3) is 0.188. The molecule has 3 rings (SSSR count). The van der Waals surface area contributed by atoms with Gasteiger partial charge in [-0.25, -0.2) is 8.42 Å². The van der Waals surface area contributed by atoms with Crippen molar-refractivity contribution < 1.29 is 13.2 Å². The van der Waals surface area contributed by atoms with Crippen LogP contribution in [0.5, 0.6) is 0 Å². The Morgan fingerprint density at radius 2 is 1.57 bits per heavy atom. The lowest BCUT2D eigenvalue weighted by Crippen LogP contribution is -2.45. The third kappa shape index (κ3) is 2.50. The van der Waals surface area contributed by atoms with Crippen LogP contribution in [-0.4, -0.2) is 25.1 Å². The van der Waals surface area contributed by atoms with Gasteiger partial charge in [0.05, 0.1) is 10.9 Å². The third-order valence-corrected chi connectivity index (χ3v) is 5.56. The predicted molar refractivity (Wildman–Crippen MR) is 78.8 cm³/mol. The van der Waals surface area contributed by atoms with E-state index in [1.165, 1.54) is 16.4 Å². The molecule has 0 saturated heterocycles. The van der Waals surface area contributed by atoms with Crippen LogP contribution in [0, 0.1) is 0 Å². The average molecular weight is 300 g/mol. The van der Waals surface area contributed by atoms with E-state index >= 15 is 0 Å². The Balaban J connectivity index is 2.04. The Bertz CT molecular complexity index is 756. The normalized spacial score (nSPS) is 19.0. The van der Waals surface area contributed by atoms with E-state index in [4.69, 9.17) is 0 Å². The van der Waals surface area contributed by atoms with Crippen molar-refractivity contribution in [3.8, 4) is 0 Å². The van der Waals surface area contributed by atoms with Crippen LogP contribution in [0.1, 0.15) is 11.1 Å². The molecule has 1 aliphatic rings. The van der Waals surface area contributed by atoms with Gasteiger partial charge in [-0.2, -0.15) is 4.31 Å². The Labute approximate surface area is 124 Å². The van der Waals surface area contributed by atoms with Crippen LogP contribution < -0.4 is 0 Å². The van der Waals surface area contributed by atoms with Crippen molar-refractivity contribution in [2.75, 3.05) is 0 Å². The Morgan fingerprint density at radius 1 is 0.952 bits per heavy atom. The highest BCUT2D eigenvalue weighted by atomic mass is 32.2. The summed E-state index contributed by atoms with van der Waals surface area (Å²) < 4.78 is 26.7. The summed E-state index contributed by atoms with van der Waals surface area (Å²) >= 11 is 0. The molecule has 0 aromatic heterocycles. The molecule has 1 radical (unpaired) electrons. The molecule has 5 heteroatoms. The molecule has 0 spiro atoms. The third-order valence-electron chi connectivity index (χ3n) is 3.69. The summed E-state index contributed by atoms with van der Waals surface area (Å²) in [5.41, 5.74) is 1.94. The van der Waals surface area contributed by atoms with Crippen LogP contribution in [0.4, 0.5) is 0 Å². The SMILES string of the molecule is O=[C][C@@H]1Cc2ccccc2CN1S(=O)(=O)c1ccccc1. The molecule has 1 heterocycles. The van der Waals surface area contributed by atoms with Crippen LogP contribution in [0.25, 0.3) is 0 Å². The second kappa shape index (κ2) is 5.42. The number of carbonyl (C=O) groups excluding carboxylic acids is 1. The second-order valence-electron chi connectivity index (χ2n) is 4.97. The first kappa shape index (κ1) is 14.0. The van der Waals surface area contributed by atoms with Crippen LogP contribution in [0.15, 0.2) is 59.5 Å². The number of rotatable bonds is 3.